The summed E-state index contributed by atoms with van der Waals surface area (Å²) in [6.07, 6.45) is 3.94. The maximum absolute atomic E-state index is 12.5. The first-order valence-electron chi connectivity index (χ1n) is 7.58. The average molecular weight is 307 g/mol. The fourth-order valence-electron chi connectivity index (χ4n) is 2.76. The number of primary amides is 1. The first-order valence-corrected chi connectivity index (χ1v) is 7.58. The van der Waals surface area contributed by atoms with Crippen LogP contribution in [-0.4, -0.2) is 42.5 Å². The van der Waals surface area contributed by atoms with Crippen molar-refractivity contribution >= 4 is 11.8 Å². The van der Waals surface area contributed by atoms with E-state index < -0.39 is 5.60 Å². The number of methoxy groups -OCH3 is 1. The van der Waals surface area contributed by atoms with Crippen molar-refractivity contribution in [3.05, 3.63) is 11.6 Å². The van der Waals surface area contributed by atoms with E-state index in [0.717, 1.165) is 12.8 Å². The lowest BCUT2D eigenvalue weighted by Gasteiger charge is -2.41. The van der Waals surface area contributed by atoms with Gasteiger partial charge in [0.1, 0.15) is 11.6 Å². The van der Waals surface area contributed by atoms with Crippen molar-refractivity contribution in [1.29, 1.82) is 5.26 Å². The molecule has 0 aromatic carbocycles. The SMILES string of the molecule is CO[C@]1(CCC(N)=O)CCCN(C(=O)/C(C#N)=C/C(C)C)C1. The van der Waals surface area contributed by atoms with Crippen molar-refractivity contribution in [3.8, 4) is 6.07 Å². The van der Waals surface area contributed by atoms with Crippen LogP contribution in [0.25, 0.3) is 0 Å². The quantitative estimate of drug-likeness (QED) is 0.592. The highest BCUT2D eigenvalue weighted by molar-refractivity contribution is 5.97. The fraction of sp³-hybridized carbons (Fsp3) is 0.688. The summed E-state index contributed by atoms with van der Waals surface area (Å²) in [6.45, 7) is 4.82. The Balaban J connectivity index is 2.86. The normalized spacial score (nSPS) is 22.5. The molecule has 6 nitrogen and oxygen atoms in total. The number of hydrogen-bond acceptors (Lipinski definition) is 4. The molecule has 22 heavy (non-hydrogen) atoms. The smallest absolute Gasteiger partial charge is 0.264 e. The summed E-state index contributed by atoms with van der Waals surface area (Å²) < 4.78 is 5.60. The van der Waals surface area contributed by atoms with Gasteiger partial charge in [-0.15, -0.1) is 0 Å². The maximum atomic E-state index is 12.5. The average Bonchev–Trinajstić information content (AvgIpc) is 2.50. The Bertz CT molecular complexity index is 493. The first kappa shape index (κ1) is 18.2. The van der Waals surface area contributed by atoms with Gasteiger partial charge in [-0.05, 0) is 25.2 Å². The van der Waals surface area contributed by atoms with Crippen molar-refractivity contribution in [3.63, 3.8) is 0 Å². The van der Waals surface area contributed by atoms with Crippen molar-refractivity contribution in [1.82, 2.24) is 4.90 Å². The minimum absolute atomic E-state index is 0.130. The zero-order valence-corrected chi connectivity index (χ0v) is 13.6. The highest BCUT2D eigenvalue weighted by Gasteiger charge is 2.38. The predicted octanol–water partition coefficient (Wildman–Crippen LogP) is 1.37. The lowest BCUT2D eigenvalue weighted by Crippen LogP contribution is -2.52. The van der Waals surface area contributed by atoms with E-state index in [4.69, 9.17) is 10.5 Å². The molecule has 0 bridgehead atoms. The molecule has 0 aliphatic carbocycles. The second-order valence-corrected chi connectivity index (χ2v) is 6.12. The number of nitrogens with two attached hydrogens (primary N) is 1. The van der Waals surface area contributed by atoms with Crippen LogP contribution >= 0.6 is 0 Å². The van der Waals surface area contributed by atoms with E-state index in [2.05, 4.69) is 0 Å². The number of nitrogens with zero attached hydrogens (tertiary/aromatic N) is 2. The summed E-state index contributed by atoms with van der Waals surface area (Å²) in [5.41, 5.74) is 4.82. The van der Waals surface area contributed by atoms with Gasteiger partial charge in [-0.3, -0.25) is 9.59 Å². The highest BCUT2D eigenvalue weighted by atomic mass is 16.5. The summed E-state index contributed by atoms with van der Waals surface area (Å²) in [4.78, 5) is 25.2. The largest absolute Gasteiger partial charge is 0.376 e. The number of hydrogen-bond donors (Lipinski definition) is 1. The number of ether oxygens (including phenoxy) is 1. The first-order chi connectivity index (χ1) is 10.3. The molecule has 0 unspecified atom stereocenters. The number of piperidine rings is 1. The van der Waals surface area contributed by atoms with E-state index in [0.29, 0.717) is 19.5 Å². The maximum Gasteiger partial charge on any atom is 0.264 e. The Morgan fingerprint density at radius 3 is 2.68 bits per heavy atom. The van der Waals surface area contributed by atoms with Gasteiger partial charge in [-0.1, -0.05) is 19.9 Å². The minimum atomic E-state index is -0.554. The van der Waals surface area contributed by atoms with Crippen molar-refractivity contribution < 1.29 is 14.3 Å². The van der Waals surface area contributed by atoms with Crippen molar-refractivity contribution in [2.75, 3.05) is 20.2 Å². The van der Waals surface area contributed by atoms with Crippen LogP contribution in [0.1, 0.15) is 39.5 Å². The van der Waals surface area contributed by atoms with Crippen LogP contribution < -0.4 is 5.73 Å². The van der Waals surface area contributed by atoms with Gasteiger partial charge in [0.15, 0.2) is 0 Å². The van der Waals surface area contributed by atoms with Gasteiger partial charge in [0.05, 0.1) is 5.60 Å². The Morgan fingerprint density at radius 2 is 2.18 bits per heavy atom. The van der Waals surface area contributed by atoms with Gasteiger partial charge >= 0.3 is 0 Å². The molecule has 2 amide bonds. The standard InChI is InChI=1S/C16H25N3O3/c1-12(2)9-13(10-17)15(21)19-8-4-6-16(11-19,22-3)7-5-14(18)20/h9,12H,4-8,11H2,1-3H3,(H2,18,20)/b13-9+/t16-/m0/s1. The molecule has 1 saturated heterocycles. The molecule has 1 aliphatic rings. The third-order valence-electron chi connectivity index (χ3n) is 3.94. The summed E-state index contributed by atoms with van der Waals surface area (Å²) in [5, 5.41) is 9.18. The molecule has 1 atom stereocenters. The van der Waals surface area contributed by atoms with E-state index in [9.17, 15) is 14.9 Å². The molecule has 1 aliphatic heterocycles. The van der Waals surface area contributed by atoms with Crippen LogP contribution in [0.15, 0.2) is 11.6 Å². The summed E-state index contributed by atoms with van der Waals surface area (Å²) in [7, 11) is 1.59. The molecular weight excluding hydrogens is 282 g/mol. The van der Waals surface area contributed by atoms with E-state index in [1.54, 1.807) is 18.1 Å². The van der Waals surface area contributed by atoms with Crippen LogP contribution in [0.5, 0.6) is 0 Å². The number of nitriles is 1. The minimum Gasteiger partial charge on any atom is -0.376 e. The topological polar surface area (TPSA) is 96.4 Å². The molecule has 1 heterocycles. The molecule has 0 spiro atoms. The van der Waals surface area contributed by atoms with Gasteiger partial charge in [0.2, 0.25) is 5.91 Å². The summed E-state index contributed by atoms with van der Waals surface area (Å²) in [5.74, 6) is -0.515. The second-order valence-electron chi connectivity index (χ2n) is 6.12. The van der Waals surface area contributed by atoms with Crippen molar-refractivity contribution in [2.45, 2.75) is 45.1 Å². The van der Waals surface area contributed by atoms with Gasteiger partial charge < -0.3 is 15.4 Å². The van der Waals surface area contributed by atoms with E-state index >= 15 is 0 Å². The number of rotatable bonds is 6. The Hall–Kier alpha value is -1.87. The van der Waals surface area contributed by atoms with Crippen LogP contribution in [0.3, 0.4) is 0 Å². The van der Waals surface area contributed by atoms with Gasteiger partial charge in [-0.2, -0.15) is 5.26 Å². The van der Waals surface area contributed by atoms with Gasteiger partial charge in [-0.25, -0.2) is 0 Å². The third kappa shape index (κ3) is 4.85. The Labute approximate surface area is 131 Å². The zero-order chi connectivity index (χ0) is 16.8. The molecule has 122 valence electrons. The Kier molecular flexibility index (Phi) is 6.57. The van der Waals surface area contributed by atoms with Gasteiger partial charge in [0.25, 0.3) is 5.91 Å². The van der Waals surface area contributed by atoms with E-state index in [1.165, 1.54) is 0 Å². The van der Waals surface area contributed by atoms with E-state index in [1.807, 2.05) is 19.9 Å². The molecule has 0 radical (unpaired) electrons. The number of amides is 2. The number of likely N-dealkylation sites (tertiary alicyclic amines) is 1. The molecule has 1 rings (SSSR count). The number of carbonyl (C=O) groups excluding carboxylic acids is 2. The Morgan fingerprint density at radius 1 is 1.50 bits per heavy atom. The zero-order valence-electron chi connectivity index (χ0n) is 13.6. The molecule has 2 N–H and O–H groups in total. The third-order valence-corrected chi connectivity index (χ3v) is 3.94. The van der Waals surface area contributed by atoms with Crippen LogP contribution in [0, 0.1) is 17.2 Å². The highest BCUT2D eigenvalue weighted by Crippen LogP contribution is 2.30. The lowest BCUT2D eigenvalue weighted by atomic mass is 9.87. The predicted molar refractivity (Wildman–Crippen MR) is 82.5 cm³/mol. The molecular formula is C16H25N3O3. The summed E-state index contributed by atoms with van der Waals surface area (Å²) in [6, 6.07) is 1.98. The van der Waals surface area contributed by atoms with Crippen LogP contribution in [0.4, 0.5) is 0 Å². The molecule has 0 aromatic heterocycles. The van der Waals surface area contributed by atoms with Crippen LogP contribution in [-0.2, 0) is 14.3 Å². The number of carbonyl (C=O) groups is 2. The lowest BCUT2D eigenvalue weighted by molar-refractivity contribution is -0.137. The number of allylic oxidation sites excluding steroid dienone is 1. The molecule has 0 saturated carbocycles. The van der Waals surface area contributed by atoms with Crippen molar-refractivity contribution in [2.24, 2.45) is 11.7 Å². The monoisotopic (exact) mass is 307 g/mol. The molecule has 0 aromatic rings. The van der Waals surface area contributed by atoms with Gasteiger partial charge in [0, 0.05) is 26.6 Å². The van der Waals surface area contributed by atoms with E-state index in [-0.39, 0.29) is 29.7 Å². The van der Waals surface area contributed by atoms with Crippen LogP contribution in [0.2, 0.25) is 0 Å². The molecule has 6 heteroatoms. The summed E-state index contributed by atoms with van der Waals surface area (Å²) >= 11 is 0. The molecule has 1 fully saturated rings. The second kappa shape index (κ2) is 7.95. The fourth-order valence-corrected chi connectivity index (χ4v) is 2.76.